The zero-order chi connectivity index (χ0) is 12.5. The van der Waals surface area contributed by atoms with Gasteiger partial charge in [-0.1, -0.05) is 36.4 Å². The van der Waals surface area contributed by atoms with Crippen LogP contribution < -0.4 is 5.73 Å². The molecular formula is C15H15N3. The summed E-state index contributed by atoms with van der Waals surface area (Å²) in [5, 5.41) is 0. The van der Waals surface area contributed by atoms with Gasteiger partial charge in [0.25, 0.3) is 0 Å². The third-order valence-corrected chi connectivity index (χ3v) is 3.16. The number of para-hydroxylation sites is 1. The first-order chi connectivity index (χ1) is 8.81. The smallest absolute Gasteiger partial charge is 0.141 e. The Labute approximate surface area is 106 Å². The molecule has 18 heavy (non-hydrogen) atoms. The largest absolute Gasteiger partial charge is 0.397 e. The van der Waals surface area contributed by atoms with Gasteiger partial charge in [0.2, 0.25) is 0 Å². The van der Waals surface area contributed by atoms with Crippen LogP contribution in [0.25, 0.3) is 22.4 Å². The molecule has 2 aromatic carbocycles. The van der Waals surface area contributed by atoms with Gasteiger partial charge in [-0.25, -0.2) is 4.98 Å². The van der Waals surface area contributed by atoms with Gasteiger partial charge in [-0.05, 0) is 19.1 Å². The second-order valence-corrected chi connectivity index (χ2v) is 4.26. The minimum Gasteiger partial charge on any atom is -0.397 e. The molecule has 0 spiro atoms. The molecule has 0 aliphatic heterocycles. The second kappa shape index (κ2) is 4.18. The molecule has 1 aromatic heterocycles. The SMILES string of the molecule is CCn1c(-c2ccccc2)nc2c(N)cccc21. The van der Waals surface area contributed by atoms with E-state index in [9.17, 15) is 0 Å². The maximum atomic E-state index is 6.00. The van der Waals surface area contributed by atoms with E-state index in [0.717, 1.165) is 34.7 Å². The van der Waals surface area contributed by atoms with Gasteiger partial charge in [0.15, 0.2) is 0 Å². The molecule has 1 heterocycles. The van der Waals surface area contributed by atoms with E-state index >= 15 is 0 Å². The molecule has 0 radical (unpaired) electrons. The molecule has 0 amide bonds. The van der Waals surface area contributed by atoms with Crippen molar-refractivity contribution in [3.8, 4) is 11.4 Å². The number of aromatic nitrogens is 2. The first-order valence-electron chi connectivity index (χ1n) is 6.11. The number of nitrogens with zero attached hydrogens (tertiary/aromatic N) is 2. The Balaban J connectivity index is 2.33. The molecule has 0 unspecified atom stereocenters. The summed E-state index contributed by atoms with van der Waals surface area (Å²) in [5.41, 5.74) is 9.83. The Morgan fingerprint density at radius 1 is 1.06 bits per heavy atom. The standard InChI is InChI=1S/C15H15N3/c1-2-18-13-10-6-9-12(16)14(13)17-15(18)11-7-4-3-5-8-11/h3-10H,2,16H2,1H3. The molecule has 0 saturated carbocycles. The van der Waals surface area contributed by atoms with Gasteiger partial charge in [-0.15, -0.1) is 0 Å². The highest BCUT2D eigenvalue weighted by Crippen LogP contribution is 2.27. The maximum Gasteiger partial charge on any atom is 0.141 e. The number of aryl methyl sites for hydroxylation is 1. The van der Waals surface area contributed by atoms with Gasteiger partial charge in [-0.2, -0.15) is 0 Å². The van der Waals surface area contributed by atoms with E-state index in [4.69, 9.17) is 10.7 Å². The average molecular weight is 237 g/mol. The van der Waals surface area contributed by atoms with Crippen molar-refractivity contribution in [2.45, 2.75) is 13.5 Å². The highest BCUT2D eigenvalue weighted by Gasteiger charge is 2.12. The molecule has 2 N–H and O–H groups in total. The van der Waals surface area contributed by atoms with Crippen LogP contribution in [0.4, 0.5) is 5.69 Å². The fraction of sp³-hybridized carbons (Fsp3) is 0.133. The Bertz CT molecular complexity index is 684. The molecule has 90 valence electrons. The molecule has 0 aliphatic carbocycles. The molecule has 0 fully saturated rings. The predicted molar refractivity (Wildman–Crippen MR) is 75.3 cm³/mol. The van der Waals surface area contributed by atoms with Crippen molar-refractivity contribution < 1.29 is 0 Å². The first-order valence-corrected chi connectivity index (χ1v) is 6.11. The first kappa shape index (κ1) is 10.8. The Morgan fingerprint density at radius 2 is 1.83 bits per heavy atom. The highest BCUT2D eigenvalue weighted by atomic mass is 15.1. The number of benzene rings is 2. The Kier molecular flexibility index (Phi) is 2.52. The molecule has 0 aliphatic rings. The normalized spacial score (nSPS) is 10.9. The lowest BCUT2D eigenvalue weighted by atomic mass is 10.2. The van der Waals surface area contributed by atoms with Gasteiger partial charge in [0.1, 0.15) is 11.3 Å². The Morgan fingerprint density at radius 3 is 2.56 bits per heavy atom. The van der Waals surface area contributed by atoms with Crippen molar-refractivity contribution in [3.05, 3.63) is 48.5 Å². The van der Waals surface area contributed by atoms with E-state index in [1.807, 2.05) is 30.3 Å². The van der Waals surface area contributed by atoms with Crippen LogP contribution in [0.5, 0.6) is 0 Å². The number of fused-ring (bicyclic) bond motifs is 1. The molecule has 3 heteroatoms. The fourth-order valence-corrected chi connectivity index (χ4v) is 2.30. The van der Waals surface area contributed by atoms with Gasteiger partial charge in [0, 0.05) is 12.1 Å². The topological polar surface area (TPSA) is 43.8 Å². The van der Waals surface area contributed by atoms with Gasteiger partial charge >= 0.3 is 0 Å². The molecule has 3 aromatic rings. The minimum atomic E-state index is 0.733. The molecule has 0 atom stereocenters. The van der Waals surface area contributed by atoms with Crippen LogP contribution in [0, 0.1) is 0 Å². The summed E-state index contributed by atoms with van der Waals surface area (Å²) >= 11 is 0. The third-order valence-electron chi connectivity index (χ3n) is 3.16. The van der Waals surface area contributed by atoms with Crippen molar-refractivity contribution in [2.75, 3.05) is 5.73 Å². The van der Waals surface area contributed by atoms with Crippen LogP contribution >= 0.6 is 0 Å². The van der Waals surface area contributed by atoms with E-state index in [1.54, 1.807) is 0 Å². The zero-order valence-corrected chi connectivity index (χ0v) is 10.3. The van der Waals surface area contributed by atoms with Crippen molar-refractivity contribution in [1.29, 1.82) is 0 Å². The van der Waals surface area contributed by atoms with E-state index < -0.39 is 0 Å². The summed E-state index contributed by atoms with van der Waals surface area (Å²) in [6, 6.07) is 16.1. The number of nitrogen functional groups attached to an aromatic ring is 1. The highest BCUT2D eigenvalue weighted by molar-refractivity contribution is 5.90. The second-order valence-electron chi connectivity index (χ2n) is 4.26. The molecule has 0 saturated heterocycles. The van der Waals surface area contributed by atoms with E-state index in [2.05, 4.69) is 29.7 Å². The van der Waals surface area contributed by atoms with Crippen LogP contribution in [0.15, 0.2) is 48.5 Å². The van der Waals surface area contributed by atoms with Gasteiger partial charge in [-0.3, -0.25) is 0 Å². The van der Waals surface area contributed by atoms with Gasteiger partial charge in [0.05, 0.1) is 11.2 Å². The lowest BCUT2D eigenvalue weighted by molar-refractivity contribution is 0.796. The maximum absolute atomic E-state index is 6.00. The van der Waals surface area contributed by atoms with E-state index in [-0.39, 0.29) is 0 Å². The lowest BCUT2D eigenvalue weighted by Gasteiger charge is -2.05. The zero-order valence-electron chi connectivity index (χ0n) is 10.3. The predicted octanol–water partition coefficient (Wildman–Crippen LogP) is 3.31. The third kappa shape index (κ3) is 1.56. The van der Waals surface area contributed by atoms with E-state index in [0.29, 0.717) is 0 Å². The van der Waals surface area contributed by atoms with Crippen molar-refractivity contribution in [1.82, 2.24) is 9.55 Å². The molecular weight excluding hydrogens is 222 g/mol. The van der Waals surface area contributed by atoms with Crippen LogP contribution in [0.3, 0.4) is 0 Å². The van der Waals surface area contributed by atoms with Crippen LogP contribution in [0.1, 0.15) is 6.92 Å². The summed E-state index contributed by atoms with van der Waals surface area (Å²) in [6.07, 6.45) is 0. The van der Waals surface area contributed by atoms with Crippen LogP contribution in [-0.4, -0.2) is 9.55 Å². The average Bonchev–Trinajstić information content (AvgIpc) is 2.80. The summed E-state index contributed by atoms with van der Waals surface area (Å²) in [4.78, 5) is 4.69. The summed E-state index contributed by atoms with van der Waals surface area (Å²) in [6.45, 7) is 3.00. The molecule has 0 bridgehead atoms. The van der Waals surface area contributed by atoms with Crippen molar-refractivity contribution in [3.63, 3.8) is 0 Å². The number of anilines is 1. The number of hydrogen-bond acceptors (Lipinski definition) is 2. The number of nitrogens with two attached hydrogens (primary N) is 1. The Hall–Kier alpha value is -2.29. The number of rotatable bonds is 2. The van der Waals surface area contributed by atoms with Crippen LogP contribution in [0.2, 0.25) is 0 Å². The number of hydrogen-bond donors (Lipinski definition) is 1. The number of imidazole rings is 1. The summed E-state index contributed by atoms with van der Waals surface area (Å²) in [5.74, 6) is 0.978. The molecule has 3 nitrogen and oxygen atoms in total. The van der Waals surface area contributed by atoms with Crippen LogP contribution in [-0.2, 0) is 6.54 Å². The van der Waals surface area contributed by atoms with Gasteiger partial charge < -0.3 is 10.3 Å². The van der Waals surface area contributed by atoms with Crippen molar-refractivity contribution in [2.24, 2.45) is 0 Å². The minimum absolute atomic E-state index is 0.733. The van der Waals surface area contributed by atoms with E-state index in [1.165, 1.54) is 0 Å². The fourth-order valence-electron chi connectivity index (χ4n) is 2.30. The summed E-state index contributed by atoms with van der Waals surface area (Å²) < 4.78 is 2.20. The quantitative estimate of drug-likeness (QED) is 0.695. The molecule has 3 rings (SSSR count). The monoisotopic (exact) mass is 237 g/mol. The van der Waals surface area contributed by atoms with Crippen molar-refractivity contribution >= 4 is 16.7 Å². The lowest BCUT2D eigenvalue weighted by Crippen LogP contribution is -1.97. The summed E-state index contributed by atoms with van der Waals surface area (Å²) in [7, 11) is 0.